The van der Waals surface area contributed by atoms with Gasteiger partial charge in [0.2, 0.25) is 11.2 Å². The van der Waals surface area contributed by atoms with Crippen molar-refractivity contribution < 1.29 is 31.6 Å². The number of likely N-dealkylation sites (N-methyl/N-ethyl adjacent to an activating group) is 1. The normalized spacial score (nSPS) is 18.1. The number of benzene rings is 1. The molecule has 0 aromatic heterocycles. The number of rotatable bonds is 3. The highest BCUT2D eigenvalue weighted by atomic mass is 32.2. The average molecular weight is 348 g/mol. The van der Waals surface area contributed by atoms with E-state index in [1.165, 1.54) is 32.4 Å². The van der Waals surface area contributed by atoms with Gasteiger partial charge in [0.15, 0.2) is 0 Å². The summed E-state index contributed by atoms with van der Waals surface area (Å²) in [5.41, 5.74) is 0.578. The van der Waals surface area contributed by atoms with Crippen LogP contribution in [0.1, 0.15) is 5.56 Å². The second kappa shape index (κ2) is 6.41. The molecule has 0 bridgehead atoms. The predicted octanol–water partition coefficient (Wildman–Crippen LogP) is 1.96. The van der Waals surface area contributed by atoms with Gasteiger partial charge in [-0.3, -0.25) is 4.31 Å². The van der Waals surface area contributed by atoms with E-state index in [2.05, 4.69) is 13.9 Å². The fourth-order valence-electron chi connectivity index (χ4n) is 1.73. The summed E-state index contributed by atoms with van der Waals surface area (Å²) in [6.45, 7) is 0. The van der Waals surface area contributed by atoms with Gasteiger partial charge in [0.05, 0.1) is 12.8 Å². The van der Waals surface area contributed by atoms with Crippen molar-refractivity contribution in [1.29, 1.82) is 0 Å². The third kappa shape index (κ3) is 4.09. The Kier molecular flexibility index (Phi) is 4.73. The van der Waals surface area contributed by atoms with Gasteiger partial charge < -0.3 is 9.47 Å². The number of carbonyl (C=O) groups excluding carboxylic acids is 1. The molecule has 1 aliphatic rings. The van der Waals surface area contributed by atoms with E-state index in [4.69, 9.17) is 0 Å². The Hall–Kier alpha value is -2.36. The van der Waals surface area contributed by atoms with E-state index in [9.17, 15) is 22.2 Å². The molecule has 1 unspecified atom stereocenters. The van der Waals surface area contributed by atoms with Crippen LogP contribution >= 0.6 is 0 Å². The summed E-state index contributed by atoms with van der Waals surface area (Å²) in [7, 11) is 2.58. The van der Waals surface area contributed by atoms with Crippen molar-refractivity contribution >= 4 is 22.9 Å². The number of alkyl halides is 3. The van der Waals surface area contributed by atoms with Crippen LogP contribution < -0.4 is 4.74 Å². The summed E-state index contributed by atoms with van der Waals surface area (Å²) in [4.78, 5) is 11.6. The molecule has 0 N–H and O–H groups in total. The number of nitrogens with zero attached hydrogens (tertiary/aromatic N) is 2. The number of ether oxygens (including phenoxy) is 2. The molecule has 10 heteroatoms. The van der Waals surface area contributed by atoms with Crippen molar-refractivity contribution in [3.63, 3.8) is 0 Å². The van der Waals surface area contributed by atoms with Crippen molar-refractivity contribution in [1.82, 2.24) is 4.31 Å². The Morgan fingerprint density at radius 3 is 2.39 bits per heavy atom. The minimum absolute atomic E-state index is 0.0199. The van der Waals surface area contributed by atoms with E-state index in [-0.39, 0.29) is 11.4 Å². The van der Waals surface area contributed by atoms with Crippen molar-refractivity contribution in [2.45, 2.75) is 6.36 Å². The summed E-state index contributed by atoms with van der Waals surface area (Å²) in [6.07, 6.45) is -3.45. The SMILES string of the molecule is COC(=O)C1=CC(c2ccc(OC(F)(F)F)cc2)=NS(=O)N1C. The molecular weight excluding hydrogens is 337 g/mol. The minimum Gasteiger partial charge on any atom is -0.464 e. The van der Waals surface area contributed by atoms with E-state index >= 15 is 0 Å². The molecule has 0 fully saturated rings. The Morgan fingerprint density at radius 2 is 1.87 bits per heavy atom. The lowest BCUT2D eigenvalue weighted by Gasteiger charge is -2.21. The largest absolute Gasteiger partial charge is 0.573 e. The van der Waals surface area contributed by atoms with Crippen molar-refractivity contribution in [3.05, 3.63) is 41.6 Å². The van der Waals surface area contributed by atoms with Crippen LogP contribution in [0.5, 0.6) is 5.75 Å². The number of carbonyl (C=O) groups is 1. The number of allylic oxidation sites excluding steroid dienone is 1. The summed E-state index contributed by atoms with van der Waals surface area (Å²) in [5, 5.41) is 0. The van der Waals surface area contributed by atoms with Crippen LogP contribution in [-0.2, 0) is 20.7 Å². The molecule has 6 nitrogen and oxygen atoms in total. The predicted molar refractivity (Wildman–Crippen MR) is 75.7 cm³/mol. The molecule has 0 saturated heterocycles. The molecule has 124 valence electrons. The van der Waals surface area contributed by atoms with Gasteiger partial charge in [-0.2, -0.15) is 4.40 Å². The van der Waals surface area contributed by atoms with E-state index in [1.54, 1.807) is 0 Å². The minimum atomic E-state index is -4.79. The monoisotopic (exact) mass is 348 g/mol. The molecule has 0 radical (unpaired) electrons. The second-order valence-corrected chi connectivity index (χ2v) is 5.49. The van der Waals surface area contributed by atoms with Gasteiger partial charge in [-0.15, -0.1) is 13.2 Å². The van der Waals surface area contributed by atoms with Gasteiger partial charge in [-0.05, 0) is 30.3 Å². The quantitative estimate of drug-likeness (QED) is 0.783. The zero-order valence-electron chi connectivity index (χ0n) is 12.0. The topological polar surface area (TPSA) is 68.2 Å². The van der Waals surface area contributed by atoms with Crippen molar-refractivity contribution in [2.24, 2.45) is 4.40 Å². The maximum absolute atomic E-state index is 12.1. The van der Waals surface area contributed by atoms with Gasteiger partial charge in [-0.25, -0.2) is 9.00 Å². The molecule has 0 saturated carbocycles. The molecule has 1 aromatic rings. The summed E-state index contributed by atoms with van der Waals surface area (Å²) in [5.74, 6) is -1.10. The van der Waals surface area contributed by atoms with Crippen LogP contribution in [0.4, 0.5) is 13.2 Å². The Balaban J connectivity index is 2.30. The first-order valence-electron chi connectivity index (χ1n) is 6.12. The van der Waals surface area contributed by atoms with Crippen LogP contribution in [0.15, 0.2) is 40.4 Å². The maximum Gasteiger partial charge on any atom is 0.573 e. The van der Waals surface area contributed by atoms with Crippen LogP contribution in [0.2, 0.25) is 0 Å². The number of methoxy groups -OCH3 is 1. The van der Waals surface area contributed by atoms with E-state index in [0.29, 0.717) is 5.56 Å². The Labute approximate surface area is 131 Å². The zero-order chi connectivity index (χ0) is 17.2. The number of esters is 1. The molecule has 0 spiro atoms. The van der Waals surface area contributed by atoms with Gasteiger partial charge in [0.1, 0.15) is 11.4 Å². The summed E-state index contributed by atoms with van der Waals surface area (Å²) < 4.78 is 61.6. The van der Waals surface area contributed by atoms with Gasteiger partial charge in [-0.1, -0.05) is 0 Å². The Morgan fingerprint density at radius 1 is 1.26 bits per heavy atom. The van der Waals surface area contributed by atoms with Crippen LogP contribution in [0.25, 0.3) is 0 Å². The Bertz CT molecular complexity index is 698. The smallest absolute Gasteiger partial charge is 0.464 e. The lowest BCUT2D eigenvalue weighted by Crippen LogP contribution is -2.30. The lowest BCUT2D eigenvalue weighted by atomic mass is 10.1. The molecule has 1 heterocycles. The average Bonchev–Trinajstić information content (AvgIpc) is 2.48. The van der Waals surface area contributed by atoms with E-state index < -0.39 is 29.3 Å². The third-order valence-corrected chi connectivity index (χ3v) is 3.82. The molecule has 2 rings (SSSR count). The fraction of sp³-hybridized carbons (Fsp3) is 0.231. The lowest BCUT2D eigenvalue weighted by molar-refractivity contribution is -0.274. The van der Waals surface area contributed by atoms with E-state index in [0.717, 1.165) is 16.4 Å². The number of hydrogen-bond donors (Lipinski definition) is 0. The molecule has 0 amide bonds. The fourth-order valence-corrected chi connectivity index (χ4v) is 2.48. The number of hydrogen-bond acceptors (Lipinski definition) is 4. The highest BCUT2D eigenvalue weighted by molar-refractivity contribution is 7.81. The first-order chi connectivity index (χ1) is 10.7. The molecule has 1 atom stereocenters. The number of halogens is 3. The third-order valence-electron chi connectivity index (χ3n) is 2.80. The summed E-state index contributed by atoms with van der Waals surface area (Å²) >= 11 is -1.85. The molecule has 23 heavy (non-hydrogen) atoms. The highest BCUT2D eigenvalue weighted by Crippen LogP contribution is 2.24. The van der Waals surface area contributed by atoms with Crippen LogP contribution in [0, 0.1) is 0 Å². The summed E-state index contributed by atoms with van der Waals surface area (Å²) in [6, 6.07) is 4.82. The van der Waals surface area contributed by atoms with Gasteiger partial charge in [0, 0.05) is 12.6 Å². The second-order valence-electron chi connectivity index (χ2n) is 4.30. The van der Waals surface area contributed by atoms with Crippen LogP contribution in [0.3, 0.4) is 0 Å². The molecule has 0 aliphatic carbocycles. The van der Waals surface area contributed by atoms with Gasteiger partial charge in [0.25, 0.3) is 0 Å². The first kappa shape index (κ1) is 17.0. The molecule has 1 aliphatic heterocycles. The standard InChI is InChI=1S/C13H11F3N2O4S/c1-18-11(12(19)21-2)7-10(17-23(18)20)8-3-5-9(6-4-8)22-13(14,15)16/h3-7H,1-2H3. The van der Waals surface area contributed by atoms with Gasteiger partial charge >= 0.3 is 12.3 Å². The van der Waals surface area contributed by atoms with Crippen LogP contribution in [-0.4, -0.2) is 40.7 Å². The maximum atomic E-state index is 12.1. The zero-order valence-corrected chi connectivity index (χ0v) is 12.8. The van der Waals surface area contributed by atoms with Crippen molar-refractivity contribution in [2.75, 3.05) is 14.2 Å². The first-order valence-corrected chi connectivity index (χ1v) is 7.18. The molecular formula is C13H11F3N2O4S. The van der Waals surface area contributed by atoms with E-state index in [1.807, 2.05) is 0 Å². The van der Waals surface area contributed by atoms with Crippen molar-refractivity contribution in [3.8, 4) is 5.75 Å². The highest BCUT2D eigenvalue weighted by Gasteiger charge is 2.31. The molecule has 1 aromatic carbocycles.